The summed E-state index contributed by atoms with van der Waals surface area (Å²) < 4.78 is 5.57. The first kappa shape index (κ1) is 10.7. The molecule has 18 heavy (non-hydrogen) atoms. The Morgan fingerprint density at radius 2 is 1.89 bits per heavy atom. The summed E-state index contributed by atoms with van der Waals surface area (Å²) in [5.41, 5.74) is 6.33. The molecular formula is C10H7ClN6O. The second-order valence-corrected chi connectivity index (χ2v) is 3.88. The lowest BCUT2D eigenvalue weighted by Crippen LogP contribution is -1.98. The molecular weight excluding hydrogens is 256 g/mol. The fraction of sp³-hybridized carbons (Fsp3) is 0. The van der Waals surface area contributed by atoms with Gasteiger partial charge in [-0.05, 0) is 24.3 Å². The number of benzene rings is 1. The van der Waals surface area contributed by atoms with Crippen LogP contribution >= 0.6 is 11.6 Å². The average molecular weight is 263 g/mol. The molecule has 0 fully saturated rings. The number of nitrogens with zero attached hydrogens (tertiary/aromatic N) is 4. The predicted molar refractivity (Wildman–Crippen MR) is 65.4 cm³/mol. The molecule has 0 amide bonds. The van der Waals surface area contributed by atoms with Gasteiger partial charge >= 0.3 is 0 Å². The number of ether oxygens (including phenoxy) is 1. The summed E-state index contributed by atoms with van der Waals surface area (Å²) in [6, 6.07) is 6.85. The van der Waals surface area contributed by atoms with Crippen molar-refractivity contribution in [2.45, 2.75) is 0 Å². The summed E-state index contributed by atoms with van der Waals surface area (Å²) in [6.45, 7) is 0. The zero-order valence-corrected chi connectivity index (χ0v) is 9.72. The first-order valence-corrected chi connectivity index (χ1v) is 5.37. The third-order valence-electron chi connectivity index (χ3n) is 2.20. The molecule has 8 heteroatoms. The van der Waals surface area contributed by atoms with E-state index in [1.165, 1.54) is 0 Å². The molecule has 7 nitrogen and oxygen atoms in total. The Morgan fingerprint density at radius 1 is 1.11 bits per heavy atom. The van der Waals surface area contributed by atoms with Crippen molar-refractivity contribution in [3.8, 4) is 11.6 Å². The maximum absolute atomic E-state index is 5.79. The second kappa shape index (κ2) is 4.11. The first-order valence-electron chi connectivity index (χ1n) is 5.00. The molecule has 1 aromatic carbocycles. The number of halogens is 1. The van der Waals surface area contributed by atoms with Gasteiger partial charge in [0.2, 0.25) is 11.6 Å². The molecule has 0 aliphatic rings. The largest absolute Gasteiger partial charge is 0.437 e. The van der Waals surface area contributed by atoms with Gasteiger partial charge in [-0.2, -0.15) is 15.2 Å². The predicted octanol–water partition coefficient (Wildman–Crippen LogP) is 1.78. The molecule has 0 radical (unpaired) electrons. The van der Waals surface area contributed by atoms with E-state index in [0.717, 1.165) is 0 Å². The monoisotopic (exact) mass is 262 g/mol. The van der Waals surface area contributed by atoms with Crippen LogP contribution in [0.1, 0.15) is 0 Å². The highest BCUT2D eigenvalue weighted by Gasteiger charge is 2.12. The summed E-state index contributed by atoms with van der Waals surface area (Å²) in [6.07, 6.45) is 0. The number of aromatic amines is 1. The molecule has 3 N–H and O–H groups in total. The van der Waals surface area contributed by atoms with Crippen LogP contribution in [0.2, 0.25) is 5.02 Å². The molecule has 0 spiro atoms. The van der Waals surface area contributed by atoms with E-state index in [9.17, 15) is 0 Å². The van der Waals surface area contributed by atoms with Crippen LogP contribution in [0.3, 0.4) is 0 Å². The minimum Gasteiger partial charge on any atom is -0.437 e. The Balaban J connectivity index is 2.03. The average Bonchev–Trinajstić information content (AvgIpc) is 2.80. The third-order valence-corrected chi connectivity index (χ3v) is 2.45. The van der Waals surface area contributed by atoms with Crippen LogP contribution in [0.4, 0.5) is 5.95 Å². The van der Waals surface area contributed by atoms with E-state index in [4.69, 9.17) is 22.1 Å². The van der Waals surface area contributed by atoms with Crippen molar-refractivity contribution in [1.29, 1.82) is 0 Å². The summed E-state index contributed by atoms with van der Waals surface area (Å²) in [7, 11) is 0. The first-order chi connectivity index (χ1) is 8.72. The molecule has 0 aliphatic heterocycles. The molecule has 0 unspecified atom stereocenters. The van der Waals surface area contributed by atoms with Crippen LogP contribution < -0.4 is 10.5 Å². The van der Waals surface area contributed by atoms with Gasteiger partial charge in [-0.15, -0.1) is 10.2 Å². The number of nitrogen functional groups attached to an aromatic ring is 1. The number of nitrogens with one attached hydrogen (secondary N) is 1. The van der Waals surface area contributed by atoms with Crippen molar-refractivity contribution in [3.05, 3.63) is 29.3 Å². The molecule has 3 aromatic rings. The van der Waals surface area contributed by atoms with E-state index in [1.807, 2.05) is 0 Å². The summed E-state index contributed by atoms with van der Waals surface area (Å²) in [4.78, 5) is 7.89. The smallest absolute Gasteiger partial charge is 0.254 e. The van der Waals surface area contributed by atoms with Gasteiger partial charge in [-0.3, -0.25) is 0 Å². The molecule has 3 rings (SSSR count). The number of hydrogen-bond acceptors (Lipinski definition) is 6. The van der Waals surface area contributed by atoms with E-state index in [-0.39, 0.29) is 11.8 Å². The summed E-state index contributed by atoms with van der Waals surface area (Å²) >= 11 is 5.79. The Labute approximate surface area is 106 Å². The molecule has 0 bridgehead atoms. The summed E-state index contributed by atoms with van der Waals surface area (Å²) in [5, 5.41) is 10.8. The standard InChI is InChI=1S/C10H7ClN6O/c11-5-1-3-6(4-2-5)18-9-7-8(16-17-15-7)13-10(12)14-9/h1-4H,(H3,12,13,14,15,16,17). The van der Waals surface area contributed by atoms with E-state index < -0.39 is 0 Å². The van der Waals surface area contributed by atoms with E-state index in [1.54, 1.807) is 24.3 Å². The van der Waals surface area contributed by atoms with Crippen molar-refractivity contribution in [3.63, 3.8) is 0 Å². The van der Waals surface area contributed by atoms with Crippen LogP contribution in [0.25, 0.3) is 11.2 Å². The number of nitrogens with two attached hydrogens (primary N) is 1. The molecule has 0 saturated heterocycles. The molecule has 90 valence electrons. The molecule has 0 aliphatic carbocycles. The number of rotatable bonds is 2. The topological polar surface area (TPSA) is 103 Å². The maximum atomic E-state index is 5.79. The molecule has 2 aromatic heterocycles. The highest BCUT2D eigenvalue weighted by Crippen LogP contribution is 2.26. The SMILES string of the molecule is Nc1nc(Oc2ccc(Cl)cc2)c2n[nH]nc2n1. The van der Waals surface area contributed by atoms with Gasteiger partial charge in [0.05, 0.1) is 0 Å². The van der Waals surface area contributed by atoms with Crippen LogP contribution in [0.5, 0.6) is 11.6 Å². The number of H-pyrrole nitrogens is 1. The van der Waals surface area contributed by atoms with Gasteiger partial charge in [0.1, 0.15) is 5.75 Å². The van der Waals surface area contributed by atoms with E-state index in [0.29, 0.717) is 21.9 Å². The number of aromatic nitrogens is 5. The van der Waals surface area contributed by atoms with Crippen LogP contribution in [0, 0.1) is 0 Å². The van der Waals surface area contributed by atoms with E-state index in [2.05, 4.69) is 25.4 Å². The molecule has 0 saturated carbocycles. The molecule has 0 atom stereocenters. The number of hydrogen-bond donors (Lipinski definition) is 2. The number of anilines is 1. The molecule has 2 heterocycles. The van der Waals surface area contributed by atoms with Crippen molar-refractivity contribution in [2.75, 3.05) is 5.73 Å². The Morgan fingerprint density at radius 3 is 2.67 bits per heavy atom. The van der Waals surface area contributed by atoms with Crippen LogP contribution in [-0.4, -0.2) is 25.4 Å². The van der Waals surface area contributed by atoms with Crippen molar-refractivity contribution >= 4 is 28.7 Å². The third kappa shape index (κ3) is 1.91. The van der Waals surface area contributed by atoms with Gasteiger partial charge in [-0.1, -0.05) is 11.6 Å². The number of fused-ring (bicyclic) bond motifs is 1. The van der Waals surface area contributed by atoms with Gasteiger partial charge in [0.25, 0.3) is 5.88 Å². The van der Waals surface area contributed by atoms with Crippen molar-refractivity contribution < 1.29 is 4.74 Å². The zero-order chi connectivity index (χ0) is 12.5. The van der Waals surface area contributed by atoms with Crippen LogP contribution in [0.15, 0.2) is 24.3 Å². The highest BCUT2D eigenvalue weighted by atomic mass is 35.5. The minimum absolute atomic E-state index is 0.0698. The maximum Gasteiger partial charge on any atom is 0.254 e. The lowest BCUT2D eigenvalue weighted by atomic mass is 10.3. The highest BCUT2D eigenvalue weighted by molar-refractivity contribution is 6.30. The Bertz CT molecular complexity index is 695. The Kier molecular flexibility index (Phi) is 2.45. The lowest BCUT2D eigenvalue weighted by molar-refractivity contribution is 0.468. The second-order valence-electron chi connectivity index (χ2n) is 3.44. The normalized spacial score (nSPS) is 10.7. The van der Waals surface area contributed by atoms with Gasteiger partial charge < -0.3 is 10.5 Å². The lowest BCUT2D eigenvalue weighted by Gasteiger charge is -2.04. The fourth-order valence-corrected chi connectivity index (χ4v) is 1.55. The minimum atomic E-state index is 0.0698. The van der Waals surface area contributed by atoms with Crippen LogP contribution in [-0.2, 0) is 0 Å². The Hall–Kier alpha value is -2.41. The fourth-order valence-electron chi connectivity index (χ4n) is 1.42. The van der Waals surface area contributed by atoms with E-state index >= 15 is 0 Å². The summed E-state index contributed by atoms with van der Waals surface area (Å²) in [5.74, 6) is 0.885. The van der Waals surface area contributed by atoms with Gasteiger partial charge in [0, 0.05) is 5.02 Å². The van der Waals surface area contributed by atoms with Gasteiger partial charge in [-0.25, -0.2) is 0 Å². The quantitative estimate of drug-likeness (QED) is 0.730. The van der Waals surface area contributed by atoms with Crippen molar-refractivity contribution in [1.82, 2.24) is 25.4 Å². The van der Waals surface area contributed by atoms with Gasteiger partial charge in [0.15, 0.2) is 5.52 Å². The zero-order valence-electron chi connectivity index (χ0n) is 8.96. The van der Waals surface area contributed by atoms with Crippen molar-refractivity contribution in [2.24, 2.45) is 0 Å².